The number of hydrogen-bond donors (Lipinski definition) is 1. The molecule has 0 heterocycles. The second-order valence-corrected chi connectivity index (χ2v) is 4.89. The molecule has 0 aliphatic heterocycles. The van der Waals surface area contributed by atoms with E-state index in [0.29, 0.717) is 12.3 Å². The van der Waals surface area contributed by atoms with Crippen LogP contribution < -0.4 is 0 Å². The Morgan fingerprint density at radius 1 is 1.27 bits per heavy atom. The zero-order valence-electron chi connectivity index (χ0n) is 9.15. The van der Waals surface area contributed by atoms with Crippen LogP contribution in [0.1, 0.15) is 31.9 Å². The van der Waals surface area contributed by atoms with Crippen LogP contribution in [0.2, 0.25) is 0 Å². The number of hydrogen-bond acceptors (Lipinski definition) is 1. The fraction of sp³-hybridized carbons (Fsp3) is 0.385. The van der Waals surface area contributed by atoms with Crippen molar-refractivity contribution >= 4 is 15.9 Å². The number of aliphatic hydroxyl groups excluding tert-OH is 1. The monoisotopic (exact) mass is 268 g/mol. The van der Waals surface area contributed by atoms with E-state index >= 15 is 0 Å². The SMILES string of the molecule is CC(C)/C=C\CC(O)c1ccc(Br)cc1. The Labute approximate surface area is 100.0 Å². The minimum atomic E-state index is -0.395. The number of halogens is 1. The molecule has 1 nitrogen and oxygen atoms in total. The van der Waals surface area contributed by atoms with Gasteiger partial charge in [0, 0.05) is 4.47 Å². The molecule has 0 aliphatic carbocycles. The van der Waals surface area contributed by atoms with Gasteiger partial charge in [-0.1, -0.05) is 54.1 Å². The zero-order valence-corrected chi connectivity index (χ0v) is 10.7. The first kappa shape index (κ1) is 12.5. The smallest absolute Gasteiger partial charge is 0.0824 e. The fourth-order valence-electron chi connectivity index (χ4n) is 1.30. The van der Waals surface area contributed by atoms with Crippen molar-refractivity contribution in [1.29, 1.82) is 0 Å². The highest BCUT2D eigenvalue weighted by molar-refractivity contribution is 9.10. The lowest BCUT2D eigenvalue weighted by Gasteiger charge is -2.08. The van der Waals surface area contributed by atoms with E-state index in [-0.39, 0.29) is 0 Å². The molecular weight excluding hydrogens is 252 g/mol. The van der Waals surface area contributed by atoms with Crippen molar-refractivity contribution in [1.82, 2.24) is 0 Å². The molecule has 0 saturated carbocycles. The average Bonchev–Trinajstić information content (AvgIpc) is 2.18. The van der Waals surface area contributed by atoms with Gasteiger partial charge in [-0.05, 0) is 30.0 Å². The van der Waals surface area contributed by atoms with Gasteiger partial charge in [-0.3, -0.25) is 0 Å². The number of benzene rings is 1. The van der Waals surface area contributed by atoms with Gasteiger partial charge in [-0.15, -0.1) is 0 Å². The second-order valence-electron chi connectivity index (χ2n) is 3.98. The van der Waals surface area contributed by atoms with Gasteiger partial charge in [-0.25, -0.2) is 0 Å². The van der Waals surface area contributed by atoms with Gasteiger partial charge in [-0.2, -0.15) is 0 Å². The molecule has 15 heavy (non-hydrogen) atoms. The Morgan fingerprint density at radius 3 is 2.40 bits per heavy atom. The molecule has 0 fully saturated rings. The lowest BCUT2D eigenvalue weighted by molar-refractivity contribution is 0.181. The largest absolute Gasteiger partial charge is 0.388 e. The van der Waals surface area contributed by atoms with Gasteiger partial charge in [0.2, 0.25) is 0 Å². The molecule has 1 aromatic rings. The van der Waals surface area contributed by atoms with Gasteiger partial charge >= 0.3 is 0 Å². The predicted octanol–water partition coefficient (Wildman–Crippen LogP) is 4.08. The van der Waals surface area contributed by atoms with Crippen LogP contribution in [0.25, 0.3) is 0 Å². The molecule has 1 rings (SSSR count). The van der Waals surface area contributed by atoms with Gasteiger partial charge in [0.05, 0.1) is 6.10 Å². The van der Waals surface area contributed by atoms with Gasteiger partial charge in [0.1, 0.15) is 0 Å². The molecular formula is C13H17BrO. The van der Waals surface area contributed by atoms with Gasteiger partial charge in [0.15, 0.2) is 0 Å². The molecule has 1 atom stereocenters. The molecule has 0 bridgehead atoms. The Bertz CT molecular complexity index is 314. The molecule has 2 heteroatoms. The van der Waals surface area contributed by atoms with E-state index in [2.05, 4.69) is 35.9 Å². The van der Waals surface area contributed by atoms with Crippen LogP contribution >= 0.6 is 15.9 Å². The number of aliphatic hydroxyl groups is 1. The highest BCUT2D eigenvalue weighted by Gasteiger charge is 2.04. The molecule has 1 unspecified atom stereocenters. The van der Waals surface area contributed by atoms with E-state index in [9.17, 15) is 5.11 Å². The predicted molar refractivity (Wildman–Crippen MR) is 67.7 cm³/mol. The normalized spacial score (nSPS) is 13.7. The maximum atomic E-state index is 9.86. The minimum Gasteiger partial charge on any atom is -0.388 e. The molecule has 0 aromatic heterocycles. The Balaban J connectivity index is 2.53. The topological polar surface area (TPSA) is 20.2 Å². The van der Waals surface area contributed by atoms with Gasteiger partial charge in [0.25, 0.3) is 0 Å². The quantitative estimate of drug-likeness (QED) is 0.816. The minimum absolute atomic E-state index is 0.395. The lowest BCUT2D eigenvalue weighted by atomic mass is 10.1. The Hall–Kier alpha value is -0.600. The number of allylic oxidation sites excluding steroid dienone is 1. The van der Waals surface area contributed by atoms with Crippen LogP contribution in [0, 0.1) is 5.92 Å². The van der Waals surface area contributed by atoms with Crippen molar-refractivity contribution in [2.45, 2.75) is 26.4 Å². The van der Waals surface area contributed by atoms with Gasteiger partial charge < -0.3 is 5.11 Å². The second kappa shape index (κ2) is 6.09. The van der Waals surface area contributed by atoms with Crippen LogP contribution in [0.3, 0.4) is 0 Å². The van der Waals surface area contributed by atoms with Crippen LogP contribution in [0.4, 0.5) is 0 Å². The summed E-state index contributed by atoms with van der Waals surface area (Å²) in [4.78, 5) is 0. The summed E-state index contributed by atoms with van der Waals surface area (Å²) in [6, 6.07) is 7.78. The van der Waals surface area contributed by atoms with E-state index in [0.717, 1.165) is 10.0 Å². The summed E-state index contributed by atoms with van der Waals surface area (Å²) < 4.78 is 1.04. The maximum Gasteiger partial charge on any atom is 0.0824 e. The van der Waals surface area contributed by atoms with Crippen LogP contribution in [-0.4, -0.2) is 5.11 Å². The molecule has 1 N–H and O–H groups in total. The van der Waals surface area contributed by atoms with Crippen LogP contribution in [0.15, 0.2) is 40.9 Å². The fourth-order valence-corrected chi connectivity index (χ4v) is 1.56. The van der Waals surface area contributed by atoms with Crippen LogP contribution in [0.5, 0.6) is 0 Å². The van der Waals surface area contributed by atoms with Crippen molar-refractivity contribution in [3.63, 3.8) is 0 Å². The first-order valence-electron chi connectivity index (χ1n) is 5.20. The molecule has 0 radical (unpaired) electrons. The molecule has 0 saturated heterocycles. The van der Waals surface area contributed by atoms with Crippen molar-refractivity contribution in [3.05, 3.63) is 46.5 Å². The first-order chi connectivity index (χ1) is 7.09. The zero-order chi connectivity index (χ0) is 11.3. The summed E-state index contributed by atoms with van der Waals surface area (Å²) in [5.41, 5.74) is 0.964. The van der Waals surface area contributed by atoms with E-state index in [1.54, 1.807) is 0 Å². The van der Waals surface area contributed by atoms with E-state index < -0.39 is 6.10 Å². The summed E-state index contributed by atoms with van der Waals surface area (Å²) in [7, 11) is 0. The average molecular weight is 269 g/mol. The molecule has 0 aliphatic rings. The van der Waals surface area contributed by atoms with Crippen molar-refractivity contribution in [3.8, 4) is 0 Å². The van der Waals surface area contributed by atoms with E-state index in [1.165, 1.54) is 0 Å². The summed E-state index contributed by atoms with van der Waals surface area (Å²) in [5.74, 6) is 0.544. The summed E-state index contributed by atoms with van der Waals surface area (Å²) >= 11 is 3.37. The van der Waals surface area contributed by atoms with E-state index in [1.807, 2.05) is 30.3 Å². The van der Waals surface area contributed by atoms with Crippen molar-refractivity contribution < 1.29 is 5.11 Å². The third-order valence-corrected chi connectivity index (χ3v) is 2.66. The summed E-state index contributed by atoms with van der Waals surface area (Å²) in [5, 5.41) is 9.86. The lowest BCUT2D eigenvalue weighted by Crippen LogP contribution is -1.95. The molecule has 0 spiro atoms. The Morgan fingerprint density at radius 2 is 1.87 bits per heavy atom. The third-order valence-electron chi connectivity index (χ3n) is 2.14. The van der Waals surface area contributed by atoms with Crippen molar-refractivity contribution in [2.24, 2.45) is 5.92 Å². The molecule has 82 valence electrons. The summed E-state index contributed by atoms with van der Waals surface area (Å²) in [6.45, 7) is 4.25. The van der Waals surface area contributed by atoms with Crippen LogP contribution in [-0.2, 0) is 0 Å². The molecule has 1 aromatic carbocycles. The van der Waals surface area contributed by atoms with Crippen molar-refractivity contribution in [2.75, 3.05) is 0 Å². The Kier molecular flexibility index (Phi) is 5.06. The standard InChI is InChI=1S/C13H17BrO/c1-10(2)4-3-5-13(15)11-6-8-12(14)9-7-11/h3-4,6-10,13,15H,5H2,1-2H3/b4-3-. The highest BCUT2D eigenvalue weighted by Crippen LogP contribution is 2.19. The third kappa shape index (κ3) is 4.63. The maximum absolute atomic E-state index is 9.86. The molecule has 0 amide bonds. The summed E-state index contributed by atoms with van der Waals surface area (Å²) in [6.07, 6.45) is 4.44. The highest BCUT2D eigenvalue weighted by atomic mass is 79.9. The first-order valence-corrected chi connectivity index (χ1v) is 5.99. The number of rotatable bonds is 4. The van der Waals surface area contributed by atoms with E-state index in [4.69, 9.17) is 0 Å².